The van der Waals surface area contributed by atoms with Crippen LogP contribution in [-0.2, 0) is 35.0 Å². The highest BCUT2D eigenvalue weighted by molar-refractivity contribution is 5.87. The van der Waals surface area contributed by atoms with Gasteiger partial charge in [-0.25, -0.2) is 9.59 Å². The molecule has 7 heteroatoms. The molecule has 0 heterocycles. The van der Waals surface area contributed by atoms with Crippen molar-refractivity contribution >= 4 is 11.9 Å². The predicted octanol–water partition coefficient (Wildman–Crippen LogP) is 3.17. The standard InChI is InChI=1S/C12H14O2.C10H18O5/c1-10(2)12(13)14-9-8-11-6-4-3-5-7-11;1-5-13-10(7-11,14-6-2)15-9(12)8(3)4/h3-7H,1,8-9H2,2H3;11H,3,5-7H2,1-2,4H3. The molecule has 0 aliphatic rings. The van der Waals surface area contributed by atoms with Gasteiger partial charge < -0.3 is 24.1 Å². The van der Waals surface area contributed by atoms with E-state index < -0.39 is 18.5 Å². The number of carbonyl (C=O) groups is 2. The highest BCUT2D eigenvalue weighted by atomic mass is 16.9. The van der Waals surface area contributed by atoms with Gasteiger partial charge >= 0.3 is 17.9 Å². The second-order valence-corrected chi connectivity index (χ2v) is 6.03. The fraction of sp³-hybridized carbons (Fsp3) is 0.455. The summed E-state index contributed by atoms with van der Waals surface area (Å²) in [5.41, 5.74) is 1.83. The number of carbonyl (C=O) groups excluding carboxylic acids is 2. The molecule has 0 spiro atoms. The minimum absolute atomic E-state index is 0.215. The Balaban J connectivity index is 0.000000541. The van der Waals surface area contributed by atoms with Crippen LogP contribution in [0.1, 0.15) is 33.3 Å². The molecule has 0 atom stereocenters. The van der Waals surface area contributed by atoms with E-state index in [1.807, 2.05) is 30.3 Å². The normalized spacial score (nSPS) is 10.4. The average Bonchev–Trinajstić information content (AvgIpc) is 2.69. The molecule has 29 heavy (non-hydrogen) atoms. The van der Waals surface area contributed by atoms with Gasteiger partial charge in [-0.15, -0.1) is 0 Å². The first-order valence-electron chi connectivity index (χ1n) is 9.35. The third kappa shape index (κ3) is 11.2. The maximum absolute atomic E-state index is 11.3. The first-order chi connectivity index (χ1) is 13.7. The van der Waals surface area contributed by atoms with Gasteiger partial charge in [0, 0.05) is 17.6 Å². The van der Waals surface area contributed by atoms with Gasteiger partial charge in [0.05, 0.1) is 19.8 Å². The van der Waals surface area contributed by atoms with Crippen LogP contribution in [0.2, 0.25) is 0 Å². The van der Waals surface area contributed by atoms with Crippen molar-refractivity contribution in [3.05, 3.63) is 60.2 Å². The predicted molar refractivity (Wildman–Crippen MR) is 110 cm³/mol. The molecule has 0 aliphatic carbocycles. The van der Waals surface area contributed by atoms with E-state index in [2.05, 4.69) is 13.2 Å². The number of esters is 2. The summed E-state index contributed by atoms with van der Waals surface area (Å²) in [6.07, 6.45) is 0.750. The largest absolute Gasteiger partial charge is 0.462 e. The Labute approximate surface area is 172 Å². The van der Waals surface area contributed by atoms with Crippen LogP contribution in [0.5, 0.6) is 0 Å². The maximum atomic E-state index is 11.3. The van der Waals surface area contributed by atoms with Crippen molar-refractivity contribution in [1.82, 2.24) is 0 Å². The van der Waals surface area contributed by atoms with Crippen molar-refractivity contribution in [2.24, 2.45) is 0 Å². The van der Waals surface area contributed by atoms with E-state index in [0.717, 1.165) is 6.42 Å². The van der Waals surface area contributed by atoms with Crippen molar-refractivity contribution in [3.63, 3.8) is 0 Å². The molecule has 0 aliphatic heterocycles. The lowest BCUT2D eigenvalue weighted by atomic mass is 10.2. The van der Waals surface area contributed by atoms with E-state index >= 15 is 0 Å². The SMILES string of the molecule is C=C(C)C(=O)OC(CO)(OCC)OCC.C=C(C)C(=O)OCCc1ccccc1. The van der Waals surface area contributed by atoms with Crippen molar-refractivity contribution < 1.29 is 33.6 Å². The van der Waals surface area contributed by atoms with E-state index in [4.69, 9.17) is 24.1 Å². The molecular formula is C22H32O7. The lowest BCUT2D eigenvalue weighted by Crippen LogP contribution is -2.44. The smallest absolute Gasteiger partial charge is 0.353 e. The van der Waals surface area contributed by atoms with Gasteiger partial charge in [0.15, 0.2) is 0 Å². The molecular weight excluding hydrogens is 376 g/mol. The molecule has 0 bridgehead atoms. The Morgan fingerprint density at radius 3 is 1.90 bits per heavy atom. The van der Waals surface area contributed by atoms with Crippen molar-refractivity contribution in [3.8, 4) is 0 Å². The third-order valence-electron chi connectivity index (χ3n) is 3.33. The number of aliphatic hydroxyl groups is 1. The minimum Gasteiger partial charge on any atom is -0.462 e. The first kappa shape index (κ1) is 26.5. The highest BCUT2D eigenvalue weighted by Crippen LogP contribution is 2.16. The Morgan fingerprint density at radius 1 is 0.966 bits per heavy atom. The van der Waals surface area contributed by atoms with Gasteiger partial charge in [-0.1, -0.05) is 43.5 Å². The molecule has 0 radical (unpaired) electrons. The summed E-state index contributed by atoms with van der Waals surface area (Å²) >= 11 is 0. The molecule has 7 nitrogen and oxygen atoms in total. The zero-order valence-corrected chi connectivity index (χ0v) is 17.7. The van der Waals surface area contributed by atoms with Crippen LogP contribution >= 0.6 is 0 Å². The van der Waals surface area contributed by atoms with Crippen molar-refractivity contribution in [1.29, 1.82) is 0 Å². The van der Waals surface area contributed by atoms with Crippen LogP contribution < -0.4 is 0 Å². The zero-order chi connectivity index (χ0) is 22.3. The number of rotatable bonds is 11. The Hall–Kier alpha value is -2.48. The number of hydrogen-bond donors (Lipinski definition) is 1. The maximum Gasteiger partial charge on any atom is 0.353 e. The van der Waals surface area contributed by atoms with Gasteiger partial charge in [0.1, 0.15) is 6.61 Å². The quantitative estimate of drug-likeness (QED) is 0.342. The molecule has 0 aromatic heterocycles. The lowest BCUT2D eigenvalue weighted by molar-refractivity contribution is -0.370. The summed E-state index contributed by atoms with van der Waals surface area (Å²) in [6.45, 7) is 13.9. The zero-order valence-electron chi connectivity index (χ0n) is 17.7. The number of aliphatic hydroxyl groups excluding tert-OH is 1. The Kier molecular flexibility index (Phi) is 13.3. The van der Waals surface area contributed by atoms with Crippen molar-refractivity contribution in [2.75, 3.05) is 26.4 Å². The van der Waals surface area contributed by atoms with E-state index in [0.29, 0.717) is 12.2 Å². The van der Waals surface area contributed by atoms with Crippen LogP contribution in [0.15, 0.2) is 54.6 Å². The van der Waals surface area contributed by atoms with Crippen LogP contribution in [0.3, 0.4) is 0 Å². The molecule has 1 aromatic rings. The Morgan fingerprint density at radius 2 is 1.48 bits per heavy atom. The molecule has 0 saturated carbocycles. The fourth-order valence-electron chi connectivity index (χ4n) is 1.92. The van der Waals surface area contributed by atoms with Crippen LogP contribution in [0, 0.1) is 0 Å². The highest BCUT2D eigenvalue weighted by Gasteiger charge is 2.36. The topological polar surface area (TPSA) is 91.3 Å². The molecule has 0 fully saturated rings. The van der Waals surface area contributed by atoms with Crippen LogP contribution in [0.4, 0.5) is 0 Å². The lowest BCUT2D eigenvalue weighted by Gasteiger charge is -2.29. The summed E-state index contributed by atoms with van der Waals surface area (Å²) < 4.78 is 20.0. The molecule has 1 N–H and O–H groups in total. The van der Waals surface area contributed by atoms with Gasteiger partial charge in [-0.05, 0) is 33.3 Å². The molecule has 1 rings (SSSR count). The molecule has 162 valence electrons. The van der Waals surface area contributed by atoms with E-state index in [9.17, 15) is 9.59 Å². The summed E-state index contributed by atoms with van der Waals surface area (Å²) in [6, 6.07) is 9.92. The molecule has 1 aromatic carbocycles. The van der Waals surface area contributed by atoms with E-state index in [1.54, 1.807) is 20.8 Å². The van der Waals surface area contributed by atoms with E-state index in [1.165, 1.54) is 12.5 Å². The second kappa shape index (κ2) is 14.5. The van der Waals surface area contributed by atoms with Gasteiger partial charge in [-0.3, -0.25) is 0 Å². The third-order valence-corrected chi connectivity index (χ3v) is 3.33. The summed E-state index contributed by atoms with van der Waals surface area (Å²) in [7, 11) is 0. The second-order valence-electron chi connectivity index (χ2n) is 6.03. The monoisotopic (exact) mass is 408 g/mol. The summed E-state index contributed by atoms with van der Waals surface area (Å²) in [5, 5.41) is 9.11. The van der Waals surface area contributed by atoms with Gasteiger partial charge in [0.2, 0.25) is 0 Å². The number of benzene rings is 1. The summed E-state index contributed by atoms with van der Waals surface area (Å²) in [5.74, 6) is -2.69. The number of hydrogen-bond acceptors (Lipinski definition) is 7. The molecule has 0 amide bonds. The number of ether oxygens (including phenoxy) is 4. The fourth-order valence-corrected chi connectivity index (χ4v) is 1.92. The van der Waals surface area contributed by atoms with Crippen LogP contribution in [0.25, 0.3) is 0 Å². The Bertz CT molecular complexity index is 646. The minimum atomic E-state index is -1.71. The van der Waals surface area contributed by atoms with E-state index in [-0.39, 0.29) is 24.8 Å². The summed E-state index contributed by atoms with van der Waals surface area (Å²) in [4.78, 5) is 22.3. The first-order valence-corrected chi connectivity index (χ1v) is 9.35. The average molecular weight is 408 g/mol. The van der Waals surface area contributed by atoms with Gasteiger partial charge in [0.25, 0.3) is 0 Å². The van der Waals surface area contributed by atoms with Crippen LogP contribution in [-0.4, -0.2) is 49.4 Å². The van der Waals surface area contributed by atoms with Gasteiger partial charge in [-0.2, -0.15) is 0 Å². The molecule has 0 saturated heterocycles. The molecule has 0 unspecified atom stereocenters. The van der Waals surface area contributed by atoms with Crippen molar-refractivity contribution in [2.45, 2.75) is 40.1 Å².